The Labute approximate surface area is 110 Å². The van der Waals surface area contributed by atoms with Crippen molar-refractivity contribution in [1.29, 1.82) is 0 Å². The zero-order valence-electron chi connectivity index (χ0n) is 10.6. The highest BCUT2D eigenvalue weighted by Crippen LogP contribution is 2.18. The molecule has 1 amide bonds. The molecular formula is C13H16F2N2O2. The van der Waals surface area contributed by atoms with E-state index in [0.29, 0.717) is 12.1 Å². The number of hydrogen-bond donors (Lipinski definition) is 1. The zero-order chi connectivity index (χ0) is 13.8. The quantitative estimate of drug-likeness (QED) is 0.886. The molecular weight excluding hydrogens is 254 g/mol. The predicted molar refractivity (Wildman–Crippen MR) is 66.4 cm³/mol. The van der Waals surface area contributed by atoms with Gasteiger partial charge in [-0.2, -0.15) is 8.78 Å². The Bertz CT molecular complexity index is 450. The van der Waals surface area contributed by atoms with E-state index in [4.69, 9.17) is 0 Å². The maximum Gasteiger partial charge on any atom is 0.387 e. The lowest BCUT2D eigenvalue weighted by molar-refractivity contribution is -0.0499. The van der Waals surface area contributed by atoms with Gasteiger partial charge in [-0.1, -0.05) is 6.07 Å². The van der Waals surface area contributed by atoms with Crippen LogP contribution in [0.5, 0.6) is 5.75 Å². The van der Waals surface area contributed by atoms with Gasteiger partial charge >= 0.3 is 6.61 Å². The first kappa shape index (κ1) is 13.7. The lowest BCUT2D eigenvalue weighted by Gasteiger charge is -2.37. The van der Waals surface area contributed by atoms with E-state index in [1.165, 1.54) is 18.2 Å². The molecule has 0 unspecified atom stereocenters. The summed E-state index contributed by atoms with van der Waals surface area (Å²) in [5.41, 5.74) is 0.368. The zero-order valence-corrected chi connectivity index (χ0v) is 10.6. The largest absolute Gasteiger partial charge is 0.435 e. The van der Waals surface area contributed by atoms with Crippen LogP contribution in [0.25, 0.3) is 0 Å². The van der Waals surface area contributed by atoms with E-state index in [9.17, 15) is 13.6 Å². The Morgan fingerprint density at radius 3 is 2.79 bits per heavy atom. The van der Waals surface area contributed by atoms with Crippen molar-refractivity contribution in [3.63, 3.8) is 0 Å². The molecule has 2 rings (SSSR count). The fraction of sp³-hybridized carbons (Fsp3) is 0.462. The van der Waals surface area contributed by atoms with E-state index in [1.54, 1.807) is 11.0 Å². The molecule has 1 fully saturated rings. The number of carbonyl (C=O) groups is 1. The minimum absolute atomic E-state index is 0.00337. The van der Waals surface area contributed by atoms with E-state index >= 15 is 0 Å². The number of nitrogens with zero attached hydrogens (tertiary/aromatic N) is 1. The number of rotatable bonds is 5. The summed E-state index contributed by atoms with van der Waals surface area (Å²) in [6.07, 6.45) is 0. The molecule has 19 heavy (non-hydrogen) atoms. The smallest absolute Gasteiger partial charge is 0.387 e. The standard InChI is InChI=1S/C13H16F2N2O2/c1-2-17(10-7-16-8-10)12(18)9-4-3-5-11(6-9)19-13(14)15/h3-6,10,13,16H,2,7-8H2,1H3. The molecule has 0 spiro atoms. The van der Waals surface area contributed by atoms with Gasteiger partial charge in [-0.05, 0) is 25.1 Å². The Morgan fingerprint density at radius 2 is 2.26 bits per heavy atom. The fourth-order valence-corrected chi connectivity index (χ4v) is 2.03. The minimum atomic E-state index is -2.89. The highest BCUT2D eigenvalue weighted by atomic mass is 19.3. The van der Waals surface area contributed by atoms with Gasteiger partial charge in [-0.3, -0.25) is 4.79 Å². The molecule has 0 saturated carbocycles. The van der Waals surface area contributed by atoms with Crippen LogP contribution in [0, 0.1) is 0 Å². The van der Waals surface area contributed by atoms with E-state index in [-0.39, 0.29) is 17.7 Å². The summed E-state index contributed by atoms with van der Waals surface area (Å²) in [6.45, 7) is 1.14. The van der Waals surface area contributed by atoms with Crippen LogP contribution in [-0.2, 0) is 0 Å². The number of nitrogens with one attached hydrogen (secondary N) is 1. The summed E-state index contributed by atoms with van der Waals surface area (Å²) < 4.78 is 28.6. The van der Waals surface area contributed by atoms with Gasteiger partial charge in [0.15, 0.2) is 0 Å². The second kappa shape index (κ2) is 5.97. The monoisotopic (exact) mass is 270 g/mol. The van der Waals surface area contributed by atoms with E-state index in [0.717, 1.165) is 13.1 Å². The van der Waals surface area contributed by atoms with Crippen LogP contribution in [0.4, 0.5) is 8.78 Å². The maximum absolute atomic E-state index is 12.3. The number of alkyl halides is 2. The molecule has 4 nitrogen and oxygen atoms in total. The number of hydrogen-bond acceptors (Lipinski definition) is 3. The Hall–Kier alpha value is -1.69. The molecule has 1 aliphatic rings. The number of amides is 1. The minimum Gasteiger partial charge on any atom is -0.435 e. The van der Waals surface area contributed by atoms with Crippen LogP contribution in [0.15, 0.2) is 24.3 Å². The summed E-state index contributed by atoms with van der Waals surface area (Å²) in [5, 5.41) is 3.10. The van der Waals surface area contributed by atoms with Gasteiger partial charge in [0.2, 0.25) is 0 Å². The molecule has 0 aliphatic carbocycles. The van der Waals surface area contributed by atoms with Crippen molar-refractivity contribution in [2.45, 2.75) is 19.6 Å². The lowest BCUT2D eigenvalue weighted by atomic mass is 10.1. The molecule has 0 radical (unpaired) electrons. The maximum atomic E-state index is 12.3. The third-order valence-electron chi connectivity index (χ3n) is 3.11. The molecule has 0 atom stereocenters. The van der Waals surface area contributed by atoms with Crippen LogP contribution >= 0.6 is 0 Å². The summed E-state index contributed by atoms with van der Waals surface area (Å²) in [4.78, 5) is 14.0. The van der Waals surface area contributed by atoms with Gasteiger partial charge in [0, 0.05) is 25.2 Å². The van der Waals surface area contributed by atoms with E-state index in [1.807, 2.05) is 6.92 Å². The normalized spacial score (nSPS) is 15.2. The van der Waals surface area contributed by atoms with Crippen molar-refractivity contribution in [3.05, 3.63) is 29.8 Å². The third-order valence-corrected chi connectivity index (χ3v) is 3.11. The third kappa shape index (κ3) is 3.20. The molecule has 1 aliphatic heterocycles. The molecule has 0 bridgehead atoms. The molecule has 1 aromatic carbocycles. The molecule has 1 heterocycles. The van der Waals surface area contributed by atoms with Gasteiger partial charge in [-0.25, -0.2) is 0 Å². The van der Waals surface area contributed by atoms with Crippen LogP contribution < -0.4 is 10.1 Å². The Morgan fingerprint density at radius 1 is 1.53 bits per heavy atom. The Kier molecular flexibility index (Phi) is 4.31. The van der Waals surface area contributed by atoms with Gasteiger partial charge in [0.1, 0.15) is 5.75 Å². The number of ether oxygens (including phenoxy) is 1. The summed E-state index contributed by atoms with van der Waals surface area (Å²) in [6, 6.07) is 6.08. The van der Waals surface area contributed by atoms with Gasteiger partial charge in [-0.15, -0.1) is 0 Å². The van der Waals surface area contributed by atoms with Crippen molar-refractivity contribution >= 4 is 5.91 Å². The topological polar surface area (TPSA) is 41.6 Å². The summed E-state index contributed by atoms with van der Waals surface area (Å²) >= 11 is 0. The molecule has 104 valence electrons. The molecule has 0 aromatic heterocycles. The van der Waals surface area contributed by atoms with Crippen molar-refractivity contribution < 1.29 is 18.3 Å². The highest BCUT2D eigenvalue weighted by molar-refractivity contribution is 5.94. The second-order valence-corrected chi connectivity index (χ2v) is 4.31. The highest BCUT2D eigenvalue weighted by Gasteiger charge is 2.28. The van der Waals surface area contributed by atoms with Gasteiger partial charge in [0.05, 0.1) is 6.04 Å². The first-order valence-electron chi connectivity index (χ1n) is 6.18. The molecule has 1 aromatic rings. The van der Waals surface area contributed by atoms with Crippen molar-refractivity contribution in [3.8, 4) is 5.75 Å². The predicted octanol–water partition coefficient (Wildman–Crippen LogP) is 1.72. The molecule has 1 N–H and O–H groups in total. The summed E-state index contributed by atoms with van der Waals surface area (Å²) in [5.74, 6) is -0.155. The first-order chi connectivity index (χ1) is 9.11. The van der Waals surface area contributed by atoms with Crippen molar-refractivity contribution in [2.75, 3.05) is 19.6 Å². The number of benzene rings is 1. The van der Waals surface area contributed by atoms with Gasteiger partial charge in [0.25, 0.3) is 5.91 Å². The van der Waals surface area contributed by atoms with Crippen LogP contribution in [0.1, 0.15) is 17.3 Å². The average Bonchev–Trinajstić information content (AvgIpc) is 2.32. The summed E-state index contributed by atoms with van der Waals surface area (Å²) in [7, 11) is 0. The second-order valence-electron chi connectivity index (χ2n) is 4.31. The first-order valence-corrected chi connectivity index (χ1v) is 6.18. The number of carbonyl (C=O) groups excluding carboxylic acids is 1. The Balaban J connectivity index is 2.13. The average molecular weight is 270 g/mol. The van der Waals surface area contributed by atoms with Crippen molar-refractivity contribution in [2.24, 2.45) is 0 Å². The van der Waals surface area contributed by atoms with E-state index < -0.39 is 6.61 Å². The van der Waals surface area contributed by atoms with Crippen molar-refractivity contribution in [1.82, 2.24) is 10.2 Å². The van der Waals surface area contributed by atoms with Crippen LogP contribution in [0.2, 0.25) is 0 Å². The van der Waals surface area contributed by atoms with Crippen LogP contribution in [-0.4, -0.2) is 43.1 Å². The molecule has 6 heteroatoms. The van der Waals surface area contributed by atoms with E-state index in [2.05, 4.69) is 10.1 Å². The van der Waals surface area contributed by atoms with Crippen LogP contribution in [0.3, 0.4) is 0 Å². The SMILES string of the molecule is CCN(C(=O)c1cccc(OC(F)F)c1)C1CNC1. The van der Waals surface area contributed by atoms with Gasteiger partial charge < -0.3 is 15.0 Å². The number of halogens is 2. The molecule has 1 saturated heterocycles. The lowest BCUT2D eigenvalue weighted by Crippen LogP contribution is -2.58. The fourth-order valence-electron chi connectivity index (χ4n) is 2.03. The number of likely N-dealkylation sites (N-methyl/N-ethyl adjacent to an activating group) is 1.